The minimum absolute atomic E-state index is 0.0215. The van der Waals surface area contributed by atoms with Gasteiger partial charge in [0.05, 0.1) is 29.8 Å². The molecule has 146 valence electrons. The van der Waals surface area contributed by atoms with Gasteiger partial charge in [-0.3, -0.25) is 19.5 Å². The molecule has 2 rings (SSSR count). The number of urea groups is 1. The molecule has 0 fully saturated rings. The summed E-state index contributed by atoms with van der Waals surface area (Å²) in [5, 5.41) is 5.86. The van der Waals surface area contributed by atoms with E-state index in [1.165, 1.54) is 4.57 Å². The summed E-state index contributed by atoms with van der Waals surface area (Å²) >= 11 is 1.11. The van der Waals surface area contributed by atoms with Crippen LogP contribution in [0.25, 0.3) is 10.9 Å². The van der Waals surface area contributed by atoms with Gasteiger partial charge in [-0.2, -0.15) is 0 Å². The first-order valence-electron chi connectivity index (χ1n) is 8.68. The summed E-state index contributed by atoms with van der Waals surface area (Å²) in [5.74, 6) is -0.493. The molecule has 0 unspecified atom stereocenters. The van der Waals surface area contributed by atoms with Crippen molar-refractivity contribution in [3.8, 4) is 0 Å². The number of thioether (sulfide) groups is 1. The van der Waals surface area contributed by atoms with E-state index in [-0.39, 0.29) is 17.4 Å². The quantitative estimate of drug-likeness (QED) is 0.524. The Morgan fingerprint density at radius 2 is 2.07 bits per heavy atom. The molecule has 9 heteroatoms. The summed E-state index contributed by atoms with van der Waals surface area (Å²) < 4.78 is 6.55. The number of nitrogens with one attached hydrogen (secondary N) is 2. The molecule has 0 spiro atoms. The second kappa shape index (κ2) is 10.1. The fourth-order valence-electron chi connectivity index (χ4n) is 2.29. The first-order chi connectivity index (χ1) is 13.0. The summed E-state index contributed by atoms with van der Waals surface area (Å²) in [7, 11) is 1.55. The van der Waals surface area contributed by atoms with E-state index in [0.717, 1.165) is 18.2 Å². The lowest BCUT2D eigenvalue weighted by atomic mass is 10.2. The Bertz CT molecular complexity index is 868. The highest BCUT2D eigenvalue weighted by Crippen LogP contribution is 2.17. The van der Waals surface area contributed by atoms with Crippen LogP contribution in [-0.4, -0.2) is 47.0 Å². The number of methoxy groups -OCH3 is 1. The zero-order chi connectivity index (χ0) is 19.8. The number of rotatable bonds is 8. The first-order valence-corrected chi connectivity index (χ1v) is 9.66. The lowest BCUT2D eigenvalue weighted by Crippen LogP contribution is -2.44. The maximum Gasteiger partial charge on any atom is 0.321 e. The van der Waals surface area contributed by atoms with Gasteiger partial charge in [0.25, 0.3) is 5.56 Å². The van der Waals surface area contributed by atoms with Crippen LogP contribution in [0.3, 0.4) is 0 Å². The van der Waals surface area contributed by atoms with E-state index in [9.17, 15) is 14.4 Å². The third kappa shape index (κ3) is 5.80. The molecule has 0 saturated heterocycles. The number of carbonyl (C=O) groups excluding carboxylic acids is 2. The van der Waals surface area contributed by atoms with Crippen LogP contribution in [0.15, 0.2) is 34.2 Å². The minimum atomic E-state index is -0.529. The van der Waals surface area contributed by atoms with Crippen molar-refractivity contribution in [1.82, 2.24) is 20.2 Å². The molecule has 1 heterocycles. The summed E-state index contributed by atoms with van der Waals surface area (Å²) in [4.78, 5) is 41.0. The third-order valence-electron chi connectivity index (χ3n) is 3.92. The molecule has 1 atom stereocenters. The van der Waals surface area contributed by atoms with Gasteiger partial charge in [-0.15, -0.1) is 0 Å². The molecular weight excluding hydrogens is 368 g/mol. The molecule has 27 heavy (non-hydrogen) atoms. The Balaban J connectivity index is 2.13. The highest BCUT2D eigenvalue weighted by molar-refractivity contribution is 7.99. The van der Waals surface area contributed by atoms with Crippen molar-refractivity contribution in [2.75, 3.05) is 19.5 Å². The van der Waals surface area contributed by atoms with Crippen molar-refractivity contribution in [1.29, 1.82) is 0 Å². The van der Waals surface area contributed by atoms with E-state index in [1.807, 2.05) is 13.8 Å². The van der Waals surface area contributed by atoms with Crippen molar-refractivity contribution >= 4 is 34.6 Å². The average Bonchev–Trinajstić information content (AvgIpc) is 2.65. The second-order valence-corrected chi connectivity index (χ2v) is 6.92. The zero-order valence-electron chi connectivity index (χ0n) is 15.7. The van der Waals surface area contributed by atoms with Gasteiger partial charge in [0.1, 0.15) is 0 Å². The maximum absolute atomic E-state index is 12.7. The van der Waals surface area contributed by atoms with Gasteiger partial charge in [0, 0.05) is 13.2 Å². The normalized spacial score (nSPS) is 12.0. The van der Waals surface area contributed by atoms with Crippen LogP contribution in [0, 0.1) is 0 Å². The Kier molecular flexibility index (Phi) is 7.81. The number of ether oxygens (including phenoxy) is 1. The van der Waals surface area contributed by atoms with Crippen molar-refractivity contribution in [3.05, 3.63) is 34.6 Å². The Labute approximate surface area is 161 Å². The number of carbonyl (C=O) groups is 2. The number of benzene rings is 1. The largest absolute Gasteiger partial charge is 0.383 e. The standard InChI is InChI=1S/C18H24N4O4S/c1-4-12(2)19-17(25)21-15(23)11-27-18-20-14-8-6-5-7-13(14)16(24)22(18)9-10-26-3/h5-8,12H,4,9-11H2,1-3H3,(H2,19,21,23,25)/t12-/m1/s1. The Hall–Kier alpha value is -2.39. The molecule has 0 bridgehead atoms. The topological polar surface area (TPSA) is 102 Å². The molecule has 0 aliphatic heterocycles. The molecule has 0 aliphatic carbocycles. The van der Waals surface area contributed by atoms with E-state index in [2.05, 4.69) is 15.6 Å². The molecule has 2 aromatic rings. The fourth-order valence-corrected chi connectivity index (χ4v) is 3.12. The lowest BCUT2D eigenvalue weighted by molar-refractivity contribution is -0.117. The van der Waals surface area contributed by atoms with Gasteiger partial charge < -0.3 is 10.1 Å². The predicted octanol–water partition coefficient (Wildman–Crippen LogP) is 1.76. The number of aromatic nitrogens is 2. The Morgan fingerprint density at radius 3 is 2.78 bits per heavy atom. The molecule has 2 N–H and O–H groups in total. The number of hydrogen-bond donors (Lipinski definition) is 2. The van der Waals surface area contributed by atoms with Crippen molar-refractivity contribution in [2.24, 2.45) is 0 Å². The van der Waals surface area contributed by atoms with E-state index in [1.54, 1.807) is 31.4 Å². The number of amides is 3. The fraction of sp³-hybridized carbons (Fsp3) is 0.444. The van der Waals surface area contributed by atoms with Crippen molar-refractivity contribution in [2.45, 2.75) is 38.0 Å². The van der Waals surface area contributed by atoms with Gasteiger partial charge in [0.15, 0.2) is 5.16 Å². The van der Waals surface area contributed by atoms with Crippen LogP contribution in [0.2, 0.25) is 0 Å². The molecule has 1 aromatic carbocycles. The Morgan fingerprint density at radius 1 is 1.33 bits per heavy atom. The highest BCUT2D eigenvalue weighted by atomic mass is 32.2. The molecular formula is C18H24N4O4S. The van der Waals surface area contributed by atoms with E-state index in [0.29, 0.717) is 29.2 Å². The van der Waals surface area contributed by atoms with Gasteiger partial charge in [-0.05, 0) is 25.5 Å². The molecule has 1 aromatic heterocycles. The van der Waals surface area contributed by atoms with Crippen LogP contribution >= 0.6 is 11.8 Å². The van der Waals surface area contributed by atoms with Gasteiger partial charge >= 0.3 is 6.03 Å². The van der Waals surface area contributed by atoms with E-state index < -0.39 is 11.9 Å². The lowest BCUT2D eigenvalue weighted by Gasteiger charge is -2.13. The molecule has 0 radical (unpaired) electrons. The van der Waals surface area contributed by atoms with Crippen molar-refractivity contribution < 1.29 is 14.3 Å². The van der Waals surface area contributed by atoms with Gasteiger partial charge in [-0.25, -0.2) is 9.78 Å². The van der Waals surface area contributed by atoms with Crippen LogP contribution < -0.4 is 16.2 Å². The summed E-state index contributed by atoms with van der Waals surface area (Å²) in [5.41, 5.74) is 0.378. The first kappa shape index (κ1) is 20.9. The molecule has 8 nitrogen and oxygen atoms in total. The monoisotopic (exact) mass is 392 g/mol. The maximum atomic E-state index is 12.7. The molecule has 0 aliphatic rings. The van der Waals surface area contributed by atoms with E-state index in [4.69, 9.17) is 4.74 Å². The number of para-hydroxylation sites is 1. The zero-order valence-corrected chi connectivity index (χ0v) is 16.5. The predicted molar refractivity (Wildman–Crippen MR) is 105 cm³/mol. The smallest absolute Gasteiger partial charge is 0.321 e. The van der Waals surface area contributed by atoms with Crippen LogP contribution in [0.4, 0.5) is 4.79 Å². The number of fused-ring (bicyclic) bond motifs is 1. The highest BCUT2D eigenvalue weighted by Gasteiger charge is 2.15. The van der Waals surface area contributed by atoms with Gasteiger partial charge in [-0.1, -0.05) is 30.8 Å². The van der Waals surface area contributed by atoms with Crippen LogP contribution in [0.1, 0.15) is 20.3 Å². The van der Waals surface area contributed by atoms with Gasteiger partial charge in [0.2, 0.25) is 5.91 Å². The van der Waals surface area contributed by atoms with Crippen LogP contribution in [-0.2, 0) is 16.1 Å². The van der Waals surface area contributed by atoms with Crippen molar-refractivity contribution in [3.63, 3.8) is 0 Å². The average molecular weight is 392 g/mol. The summed E-state index contributed by atoms with van der Waals surface area (Å²) in [6, 6.07) is 6.50. The molecule has 0 saturated carbocycles. The summed E-state index contributed by atoms with van der Waals surface area (Å²) in [6.07, 6.45) is 0.767. The number of nitrogens with zero attached hydrogens (tertiary/aromatic N) is 2. The molecule has 3 amide bonds. The van der Waals surface area contributed by atoms with Crippen LogP contribution in [0.5, 0.6) is 0 Å². The second-order valence-electron chi connectivity index (χ2n) is 5.98. The van der Waals surface area contributed by atoms with E-state index >= 15 is 0 Å². The summed E-state index contributed by atoms with van der Waals surface area (Å²) in [6.45, 7) is 4.46. The number of imide groups is 1. The number of hydrogen-bond acceptors (Lipinski definition) is 6. The SMILES string of the molecule is CC[C@@H](C)NC(=O)NC(=O)CSc1nc2ccccc2c(=O)n1CCOC. The minimum Gasteiger partial charge on any atom is -0.383 e. The third-order valence-corrected chi connectivity index (χ3v) is 4.90.